The fourth-order valence-corrected chi connectivity index (χ4v) is 6.49. The van der Waals surface area contributed by atoms with Crippen molar-refractivity contribution in [2.75, 3.05) is 18.0 Å². The van der Waals surface area contributed by atoms with Gasteiger partial charge in [-0.15, -0.1) is 0 Å². The highest BCUT2D eigenvalue weighted by molar-refractivity contribution is 5.75. The quantitative estimate of drug-likeness (QED) is 0.230. The molecule has 1 fully saturated rings. The van der Waals surface area contributed by atoms with Crippen molar-refractivity contribution in [2.24, 2.45) is 7.05 Å². The highest BCUT2D eigenvalue weighted by Crippen LogP contribution is 2.42. The number of hydrogen-bond acceptors (Lipinski definition) is 4. The Labute approximate surface area is 244 Å². The first-order valence-electron chi connectivity index (χ1n) is 14.9. The summed E-state index contributed by atoms with van der Waals surface area (Å²) in [5.41, 5.74) is 9.64. The average Bonchev–Trinajstić information content (AvgIpc) is 3.20. The Morgan fingerprint density at radius 3 is 2.17 bits per heavy atom. The van der Waals surface area contributed by atoms with E-state index in [0.29, 0.717) is 0 Å². The van der Waals surface area contributed by atoms with E-state index in [-0.39, 0.29) is 10.8 Å². The number of nitrogens with zero attached hydrogens (tertiary/aromatic N) is 5. The van der Waals surface area contributed by atoms with E-state index >= 15 is 0 Å². The highest BCUT2D eigenvalue weighted by atomic mass is 15.3. The van der Waals surface area contributed by atoms with E-state index in [1.54, 1.807) is 0 Å². The molecule has 1 aliphatic heterocycles. The maximum Gasteiger partial charge on any atom is 0.227 e. The third kappa shape index (κ3) is 5.26. The summed E-state index contributed by atoms with van der Waals surface area (Å²) in [6.07, 6.45) is 5.79. The maximum atomic E-state index is 5.27. The van der Waals surface area contributed by atoms with Gasteiger partial charge in [0.25, 0.3) is 0 Å². The van der Waals surface area contributed by atoms with Gasteiger partial charge >= 0.3 is 0 Å². The van der Waals surface area contributed by atoms with Crippen LogP contribution in [0, 0.1) is 6.92 Å². The molecule has 0 bridgehead atoms. The standard InChI is InChI=1S/C36H41N5/c1-26-17-18-30(35(2,3)4)23-27(26)24-31-32-33(37-25-40(32)5)39-34(38-31)41-21-12-19-36(20-22-41,28-13-8-6-9-14-28)29-15-10-7-11-16-29/h6-11,13-18,23,25H,12,19-22,24H2,1-5H3. The van der Waals surface area contributed by atoms with Gasteiger partial charge in [-0.2, -0.15) is 4.98 Å². The van der Waals surface area contributed by atoms with Crippen molar-refractivity contribution in [3.8, 4) is 0 Å². The molecule has 0 amide bonds. The number of fused-ring (bicyclic) bond motifs is 1. The normalized spacial score (nSPS) is 15.7. The molecule has 0 radical (unpaired) electrons. The molecule has 3 heterocycles. The highest BCUT2D eigenvalue weighted by Gasteiger charge is 2.36. The van der Waals surface area contributed by atoms with Crippen LogP contribution in [0.15, 0.2) is 85.2 Å². The SMILES string of the molecule is Cc1ccc(C(C)(C)C)cc1Cc1nc(N2CCCC(c3ccccc3)(c3ccccc3)CC2)nc2ncn(C)c12. The number of rotatable bonds is 5. The molecule has 41 heavy (non-hydrogen) atoms. The van der Waals surface area contributed by atoms with E-state index in [1.165, 1.54) is 27.8 Å². The van der Waals surface area contributed by atoms with Crippen molar-refractivity contribution >= 4 is 17.1 Å². The van der Waals surface area contributed by atoms with E-state index in [0.717, 1.165) is 61.6 Å². The van der Waals surface area contributed by atoms with Crippen LogP contribution in [0.4, 0.5) is 5.95 Å². The molecule has 210 valence electrons. The molecule has 5 heteroatoms. The van der Waals surface area contributed by atoms with Gasteiger partial charge in [-0.1, -0.05) is 99.6 Å². The first-order chi connectivity index (χ1) is 19.7. The second-order valence-electron chi connectivity index (χ2n) is 12.7. The smallest absolute Gasteiger partial charge is 0.227 e. The number of aryl methyl sites for hydroxylation is 2. The molecular weight excluding hydrogens is 502 g/mol. The van der Waals surface area contributed by atoms with E-state index < -0.39 is 0 Å². The Morgan fingerprint density at radius 2 is 1.51 bits per heavy atom. The molecule has 1 saturated heterocycles. The lowest BCUT2D eigenvalue weighted by Gasteiger charge is -2.34. The minimum Gasteiger partial charge on any atom is -0.341 e. The lowest BCUT2D eigenvalue weighted by atomic mass is 9.69. The molecule has 0 atom stereocenters. The van der Waals surface area contributed by atoms with Crippen molar-refractivity contribution < 1.29 is 0 Å². The summed E-state index contributed by atoms with van der Waals surface area (Å²) in [4.78, 5) is 17.4. The van der Waals surface area contributed by atoms with Crippen molar-refractivity contribution in [2.45, 2.75) is 64.2 Å². The van der Waals surface area contributed by atoms with E-state index in [4.69, 9.17) is 9.97 Å². The van der Waals surface area contributed by atoms with Crippen LogP contribution in [-0.2, 0) is 24.3 Å². The van der Waals surface area contributed by atoms with Crippen molar-refractivity contribution in [3.05, 3.63) is 119 Å². The zero-order valence-corrected chi connectivity index (χ0v) is 25.1. The fourth-order valence-electron chi connectivity index (χ4n) is 6.49. The van der Waals surface area contributed by atoms with Gasteiger partial charge < -0.3 is 9.47 Å². The number of benzene rings is 3. The molecule has 3 aromatic carbocycles. The van der Waals surface area contributed by atoms with Crippen LogP contribution in [0.3, 0.4) is 0 Å². The molecule has 2 aromatic heterocycles. The van der Waals surface area contributed by atoms with Gasteiger partial charge in [0.2, 0.25) is 5.95 Å². The fraction of sp³-hybridized carbons (Fsp3) is 0.361. The van der Waals surface area contributed by atoms with Crippen molar-refractivity contribution in [1.29, 1.82) is 0 Å². The lowest BCUT2D eigenvalue weighted by Crippen LogP contribution is -2.31. The topological polar surface area (TPSA) is 46.8 Å². The summed E-state index contributed by atoms with van der Waals surface area (Å²) in [7, 11) is 2.04. The Hall–Kier alpha value is -3.99. The van der Waals surface area contributed by atoms with Crippen molar-refractivity contribution in [1.82, 2.24) is 19.5 Å². The largest absolute Gasteiger partial charge is 0.341 e. The summed E-state index contributed by atoms with van der Waals surface area (Å²) < 4.78 is 2.07. The zero-order valence-electron chi connectivity index (χ0n) is 25.1. The van der Waals surface area contributed by atoms with Gasteiger partial charge in [0, 0.05) is 32.0 Å². The number of aromatic nitrogens is 4. The predicted octanol–water partition coefficient (Wildman–Crippen LogP) is 7.54. The number of imidazole rings is 1. The van der Waals surface area contributed by atoms with Gasteiger partial charge in [0.1, 0.15) is 5.52 Å². The van der Waals surface area contributed by atoms with Gasteiger partial charge in [0.05, 0.1) is 12.0 Å². The van der Waals surface area contributed by atoms with Crippen LogP contribution >= 0.6 is 0 Å². The third-order valence-corrected chi connectivity index (χ3v) is 8.98. The number of anilines is 1. The van der Waals surface area contributed by atoms with Gasteiger partial charge in [-0.05, 0) is 59.4 Å². The van der Waals surface area contributed by atoms with Crippen LogP contribution in [0.2, 0.25) is 0 Å². The predicted molar refractivity (Wildman–Crippen MR) is 169 cm³/mol. The minimum atomic E-state index is -0.0281. The Balaban J connectivity index is 1.37. The Kier molecular flexibility index (Phi) is 7.14. The monoisotopic (exact) mass is 543 g/mol. The van der Waals surface area contributed by atoms with E-state index in [1.807, 2.05) is 13.4 Å². The summed E-state index contributed by atoms with van der Waals surface area (Å²) >= 11 is 0. The molecule has 0 N–H and O–H groups in total. The van der Waals surface area contributed by atoms with Crippen LogP contribution in [0.25, 0.3) is 11.2 Å². The summed E-state index contributed by atoms with van der Waals surface area (Å²) in [5, 5.41) is 0. The van der Waals surface area contributed by atoms with E-state index in [2.05, 4.69) is 121 Å². The summed E-state index contributed by atoms with van der Waals surface area (Å²) in [6, 6.07) is 29.0. The maximum absolute atomic E-state index is 5.27. The number of hydrogen-bond donors (Lipinski definition) is 0. The molecule has 0 saturated carbocycles. The van der Waals surface area contributed by atoms with Crippen LogP contribution in [-0.4, -0.2) is 32.6 Å². The first-order valence-corrected chi connectivity index (χ1v) is 14.9. The lowest BCUT2D eigenvalue weighted by molar-refractivity contribution is 0.459. The summed E-state index contributed by atoms with van der Waals surface area (Å²) in [5.74, 6) is 0.799. The molecule has 0 unspecified atom stereocenters. The first kappa shape index (κ1) is 27.2. The molecule has 6 rings (SSSR count). The molecule has 1 aliphatic rings. The Bertz CT molecular complexity index is 1610. The van der Waals surface area contributed by atoms with Crippen LogP contribution in [0.1, 0.15) is 73.5 Å². The minimum absolute atomic E-state index is 0.0281. The van der Waals surface area contributed by atoms with Gasteiger partial charge in [-0.25, -0.2) is 9.97 Å². The van der Waals surface area contributed by atoms with Crippen LogP contribution < -0.4 is 4.90 Å². The van der Waals surface area contributed by atoms with Crippen molar-refractivity contribution in [3.63, 3.8) is 0 Å². The van der Waals surface area contributed by atoms with Gasteiger partial charge in [-0.3, -0.25) is 0 Å². The molecule has 0 aliphatic carbocycles. The molecule has 5 aromatic rings. The second-order valence-corrected chi connectivity index (χ2v) is 12.7. The third-order valence-electron chi connectivity index (χ3n) is 8.98. The van der Waals surface area contributed by atoms with Gasteiger partial charge in [0.15, 0.2) is 5.65 Å². The zero-order chi connectivity index (χ0) is 28.6. The van der Waals surface area contributed by atoms with E-state index in [9.17, 15) is 0 Å². The molecular formula is C36H41N5. The summed E-state index contributed by atoms with van der Waals surface area (Å²) in [6.45, 7) is 10.8. The Morgan fingerprint density at radius 1 is 0.829 bits per heavy atom. The molecule has 5 nitrogen and oxygen atoms in total. The average molecular weight is 544 g/mol. The molecule has 0 spiro atoms. The second kappa shape index (κ2) is 10.8. The van der Waals surface area contributed by atoms with Crippen LogP contribution in [0.5, 0.6) is 0 Å².